The number of guanidine groups is 1. The second-order valence-electron chi connectivity index (χ2n) is 7.15. The van der Waals surface area contributed by atoms with Crippen LogP contribution < -0.4 is 15.4 Å². The zero-order chi connectivity index (χ0) is 19.8. The Morgan fingerprint density at radius 3 is 2.57 bits per heavy atom. The van der Waals surface area contributed by atoms with Gasteiger partial charge < -0.3 is 15.4 Å². The molecule has 0 aliphatic heterocycles. The molecule has 1 aromatic carbocycles. The predicted molar refractivity (Wildman–Crippen MR) is 127 cm³/mol. The molecule has 0 aliphatic carbocycles. The molecule has 7 heteroatoms. The highest BCUT2D eigenvalue weighted by atomic mass is 127. The molecule has 1 atom stereocenters. The van der Waals surface area contributed by atoms with Crippen molar-refractivity contribution in [2.75, 3.05) is 27.2 Å². The predicted octanol–water partition coefficient (Wildman–Crippen LogP) is 3.48. The Morgan fingerprint density at radius 1 is 1.21 bits per heavy atom. The number of hydrogen-bond donors (Lipinski definition) is 2. The molecule has 0 saturated carbocycles. The number of aromatic nitrogens is 2. The molecule has 28 heavy (non-hydrogen) atoms. The summed E-state index contributed by atoms with van der Waals surface area (Å²) in [6, 6.07) is 8.46. The van der Waals surface area contributed by atoms with Crippen molar-refractivity contribution < 1.29 is 4.74 Å². The number of benzene rings is 1. The van der Waals surface area contributed by atoms with Crippen molar-refractivity contribution in [3.63, 3.8) is 0 Å². The number of nitrogens with zero attached hydrogens (tertiary/aromatic N) is 3. The Labute approximate surface area is 186 Å². The van der Waals surface area contributed by atoms with E-state index in [0.29, 0.717) is 5.92 Å². The first-order chi connectivity index (χ1) is 12.9. The van der Waals surface area contributed by atoms with Crippen LogP contribution in [0.4, 0.5) is 0 Å². The largest absolute Gasteiger partial charge is 0.496 e. The van der Waals surface area contributed by atoms with E-state index in [2.05, 4.69) is 70.4 Å². The third kappa shape index (κ3) is 7.33. The van der Waals surface area contributed by atoms with Gasteiger partial charge in [-0.1, -0.05) is 19.1 Å². The SMILES string of the molecule is CN=C(NCCc1ccc(C)c(OC)c1)NCC(C)Cn1nc(C)cc1C.I. The van der Waals surface area contributed by atoms with Gasteiger partial charge in [0.15, 0.2) is 5.96 Å². The van der Waals surface area contributed by atoms with Crippen LogP contribution in [0.3, 0.4) is 0 Å². The normalized spacial score (nSPS) is 12.3. The molecule has 156 valence electrons. The maximum atomic E-state index is 5.39. The van der Waals surface area contributed by atoms with E-state index in [1.165, 1.54) is 11.3 Å². The van der Waals surface area contributed by atoms with Crippen LogP contribution in [-0.2, 0) is 13.0 Å². The van der Waals surface area contributed by atoms with Gasteiger partial charge in [0.1, 0.15) is 5.75 Å². The Kier molecular flexibility index (Phi) is 10.3. The average Bonchev–Trinajstić information content (AvgIpc) is 2.96. The summed E-state index contributed by atoms with van der Waals surface area (Å²) in [5.41, 5.74) is 4.68. The zero-order valence-electron chi connectivity index (χ0n) is 17.9. The number of nitrogens with one attached hydrogen (secondary N) is 2. The second-order valence-corrected chi connectivity index (χ2v) is 7.15. The Morgan fingerprint density at radius 2 is 1.96 bits per heavy atom. The monoisotopic (exact) mass is 499 g/mol. The fourth-order valence-electron chi connectivity index (χ4n) is 3.06. The highest BCUT2D eigenvalue weighted by Gasteiger charge is 2.08. The smallest absolute Gasteiger partial charge is 0.190 e. The first-order valence-corrected chi connectivity index (χ1v) is 9.52. The van der Waals surface area contributed by atoms with Gasteiger partial charge in [0.2, 0.25) is 0 Å². The van der Waals surface area contributed by atoms with E-state index < -0.39 is 0 Å². The molecule has 0 amide bonds. The number of methoxy groups -OCH3 is 1. The summed E-state index contributed by atoms with van der Waals surface area (Å²) in [7, 11) is 3.51. The van der Waals surface area contributed by atoms with Crippen molar-refractivity contribution >= 4 is 29.9 Å². The van der Waals surface area contributed by atoms with Crippen molar-refractivity contribution in [2.45, 2.75) is 40.7 Å². The number of halogens is 1. The topological polar surface area (TPSA) is 63.5 Å². The van der Waals surface area contributed by atoms with Gasteiger partial charge in [-0.3, -0.25) is 9.67 Å². The molecule has 2 rings (SSSR count). The summed E-state index contributed by atoms with van der Waals surface area (Å²) in [6.45, 7) is 11.0. The summed E-state index contributed by atoms with van der Waals surface area (Å²) < 4.78 is 7.47. The maximum absolute atomic E-state index is 5.39. The quantitative estimate of drug-likeness (QED) is 0.332. The standard InChI is InChI=1S/C21H33N5O.HI/c1-15(14-26-18(4)11-17(3)25-26)13-24-21(22-5)23-10-9-19-8-7-16(2)20(12-19)27-6;/h7-8,11-12,15H,9-10,13-14H2,1-6H3,(H2,22,23,24);1H. The number of aliphatic imine (C=N–C) groups is 1. The van der Waals surface area contributed by atoms with E-state index >= 15 is 0 Å². The number of ether oxygens (including phenoxy) is 1. The molecular weight excluding hydrogens is 465 g/mol. The van der Waals surface area contributed by atoms with Crippen LogP contribution in [0.2, 0.25) is 0 Å². The van der Waals surface area contributed by atoms with Gasteiger partial charge in [0.05, 0.1) is 12.8 Å². The van der Waals surface area contributed by atoms with E-state index in [4.69, 9.17) is 4.74 Å². The van der Waals surface area contributed by atoms with Crippen LogP contribution in [0.1, 0.15) is 29.4 Å². The van der Waals surface area contributed by atoms with Gasteiger partial charge in [0, 0.05) is 32.4 Å². The first-order valence-electron chi connectivity index (χ1n) is 9.52. The minimum absolute atomic E-state index is 0. The van der Waals surface area contributed by atoms with Crippen molar-refractivity contribution in [3.05, 3.63) is 46.8 Å². The van der Waals surface area contributed by atoms with Crippen LogP contribution in [-0.4, -0.2) is 43.0 Å². The fraction of sp³-hybridized carbons (Fsp3) is 0.524. The zero-order valence-corrected chi connectivity index (χ0v) is 20.2. The number of aryl methyl sites for hydroxylation is 3. The number of rotatable bonds is 8. The van der Waals surface area contributed by atoms with E-state index in [-0.39, 0.29) is 24.0 Å². The highest BCUT2D eigenvalue weighted by Crippen LogP contribution is 2.19. The third-order valence-electron chi connectivity index (χ3n) is 4.61. The molecular formula is C21H34IN5O. The molecule has 1 unspecified atom stereocenters. The maximum Gasteiger partial charge on any atom is 0.190 e. The molecule has 0 spiro atoms. The summed E-state index contributed by atoms with van der Waals surface area (Å²) in [5.74, 6) is 2.21. The van der Waals surface area contributed by atoms with Gasteiger partial charge in [0.25, 0.3) is 0 Å². The van der Waals surface area contributed by atoms with Crippen LogP contribution in [0.5, 0.6) is 5.75 Å². The van der Waals surface area contributed by atoms with Gasteiger partial charge in [-0.15, -0.1) is 24.0 Å². The van der Waals surface area contributed by atoms with Crippen molar-refractivity contribution in [1.29, 1.82) is 0 Å². The van der Waals surface area contributed by atoms with Gasteiger partial charge >= 0.3 is 0 Å². The van der Waals surface area contributed by atoms with Crippen molar-refractivity contribution in [1.82, 2.24) is 20.4 Å². The van der Waals surface area contributed by atoms with Crippen LogP contribution in [0.15, 0.2) is 29.3 Å². The van der Waals surface area contributed by atoms with E-state index in [9.17, 15) is 0 Å². The molecule has 1 heterocycles. The van der Waals surface area contributed by atoms with Crippen molar-refractivity contribution in [2.24, 2.45) is 10.9 Å². The van der Waals surface area contributed by atoms with E-state index in [0.717, 1.165) is 49.0 Å². The van der Waals surface area contributed by atoms with Crippen molar-refractivity contribution in [3.8, 4) is 5.75 Å². The number of hydrogen-bond acceptors (Lipinski definition) is 3. The third-order valence-corrected chi connectivity index (χ3v) is 4.61. The minimum Gasteiger partial charge on any atom is -0.496 e. The average molecular weight is 499 g/mol. The summed E-state index contributed by atoms with van der Waals surface area (Å²) >= 11 is 0. The molecule has 6 nitrogen and oxygen atoms in total. The lowest BCUT2D eigenvalue weighted by Gasteiger charge is -2.17. The molecule has 0 aliphatic rings. The molecule has 2 aromatic rings. The van der Waals surface area contributed by atoms with Gasteiger partial charge in [-0.05, 0) is 56.4 Å². The Hall–Kier alpha value is -1.77. The molecule has 1 aromatic heterocycles. The Balaban J connectivity index is 0.00000392. The summed E-state index contributed by atoms with van der Waals surface area (Å²) in [6.07, 6.45) is 0.915. The lowest BCUT2D eigenvalue weighted by Crippen LogP contribution is -2.40. The highest BCUT2D eigenvalue weighted by molar-refractivity contribution is 14.0. The lowest BCUT2D eigenvalue weighted by molar-refractivity contribution is 0.411. The van der Waals surface area contributed by atoms with E-state index in [1.54, 1.807) is 14.2 Å². The van der Waals surface area contributed by atoms with Crippen LogP contribution >= 0.6 is 24.0 Å². The Bertz CT molecular complexity index is 772. The molecule has 0 radical (unpaired) electrons. The van der Waals surface area contributed by atoms with E-state index in [1.807, 2.05) is 6.92 Å². The minimum atomic E-state index is 0. The molecule has 2 N–H and O–H groups in total. The molecule has 0 fully saturated rings. The lowest BCUT2D eigenvalue weighted by atomic mass is 10.1. The first kappa shape index (κ1) is 24.3. The summed E-state index contributed by atoms with van der Waals surface area (Å²) in [5, 5.41) is 11.3. The second kappa shape index (κ2) is 11.9. The molecule has 0 saturated heterocycles. The van der Waals surface area contributed by atoms with Gasteiger partial charge in [-0.25, -0.2) is 0 Å². The fourth-order valence-corrected chi connectivity index (χ4v) is 3.06. The summed E-state index contributed by atoms with van der Waals surface area (Å²) in [4.78, 5) is 4.32. The van der Waals surface area contributed by atoms with Gasteiger partial charge in [-0.2, -0.15) is 5.10 Å². The van der Waals surface area contributed by atoms with Crippen LogP contribution in [0.25, 0.3) is 0 Å². The van der Waals surface area contributed by atoms with Crippen LogP contribution in [0, 0.1) is 26.7 Å². The molecule has 0 bridgehead atoms.